The molecule has 2 N–H and O–H groups in total. The summed E-state index contributed by atoms with van der Waals surface area (Å²) < 4.78 is 5.73. The van der Waals surface area contributed by atoms with Gasteiger partial charge in [-0.05, 0) is 50.7 Å². The van der Waals surface area contributed by atoms with Gasteiger partial charge in [0.15, 0.2) is 0 Å². The number of rotatable bonds is 3. The monoisotopic (exact) mass is 276 g/mol. The van der Waals surface area contributed by atoms with Gasteiger partial charge in [0.1, 0.15) is 22.0 Å². The predicted octanol–water partition coefficient (Wildman–Crippen LogP) is 2.78. The fraction of sp³-hybridized carbons (Fsp3) is 0.308. The Morgan fingerprint density at radius 2 is 1.95 bits per heavy atom. The van der Waals surface area contributed by atoms with Crippen LogP contribution in [0.4, 0.5) is 5.69 Å². The Hall–Kier alpha value is -1.82. The van der Waals surface area contributed by atoms with Crippen LogP contribution in [-0.4, -0.2) is 20.6 Å². The average Bonchev–Trinajstić information content (AvgIpc) is 2.33. The number of nitrogens with zero attached hydrogens (tertiary/aromatic N) is 3. The zero-order valence-electron chi connectivity index (χ0n) is 11.1. The van der Waals surface area contributed by atoms with Crippen LogP contribution in [0, 0.1) is 0 Å². The molecule has 2 rings (SSSR count). The largest absolute Gasteiger partial charge is 0.470 e. The van der Waals surface area contributed by atoms with Gasteiger partial charge in [-0.15, -0.1) is 0 Å². The van der Waals surface area contributed by atoms with E-state index in [-0.39, 0.29) is 5.60 Å². The molecule has 0 amide bonds. The minimum Gasteiger partial charge on any atom is -0.470 e. The summed E-state index contributed by atoms with van der Waals surface area (Å²) in [6.07, 6.45) is 3.20. The molecule has 0 aliphatic carbocycles. The smallest absolute Gasteiger partial charge is 0.238 e. The highest BCUT2D eigenvalue weighted by atomic mass is 32.2. The van der Waals surface area contributed by atoms with Crippen molar-refractivity contribution in [1.29, 1.82) is 0 Å². The van der Waals surface area contributed by atoms with Crippen molar-refractivity contribution in [2.24, 2.45) is 0 Å². The lowest BCUT2D eigenvalue weighted by molar-refractivity contribution is 0.124. The molecule has 100 valence electrons. The highest BCUT2D eigenvalue weighted by Crippen LogP contribution is 2.29. The molecule has 0 aliphatic heterocycles. The molecule has 5 nitrogen and oxygen atoms in total. The van der Waals surface area contributed by atoms with Gasteiger partial charge < -0.3 is 10.5 Å². The van der Waals surface area contributed by atoms with Gasteiger partial charge in [-0.3, -0.25) is 0 Å². The van der Waals surface area contributed by atoms with Crippen LogP contribution in [0.3, 0.4) is 0 Å². The first kappa shape index (κ1) is 13.6. The van der Waals surface area contributed by atoms with E-state index in [4.69, 9.17) is 10.5 Å². The van der Waals surface area contributed by atoms with E-state index in [1.807, 2.05) is 32.9 Å². The summed E-state index contributed by atoms with van der Waals surface area (Å²) in [5.41, 5.74) is 6.06. The molecule has 0 saturated carbocycles. The molecule has 0 radical (unpaired) electrons. The van der Waals surface area contributed by atoms with Crippen LogP contribution in [0.25, 0.3) is 0 Å². The lowest BCUT2D eigenvalue weighted by atomic mass is 10.2. The zero-order chi connectivity index (χ0) is 13.9. The molecule has 0 saturated heterocycles. The Kier molecular flexibility index (Phi) is 3.90. The van der Waals surface area contributed by atoms with Crippen LogP contribution in [0.5, 0.6) is 5.88 Å². The lowest BCUT2D eigenvalue weighted by Crippen LogP contribution is -2.24. The zero-order valence-corrected chi connectivity index (χ0v) is 11.9. The number of pyridine rings is 1. The molecule has 0 atom stereocenters. The van der Waals surface area contributed by atoms with Crippen molar-refractivity contribution in [2.45, 2.75) is 36.4 Å². The Bertz CT molecular complexity index is 554. The van der Waals surface area contributed by atoms with Gasteiger partial charge in [0.2, 0.25) is 5.88 Å². The Morgan fingerprint density at radius 1 is 1.16 bits per heavy atom. The summed E-state index contributed by atoms with van der Waals surface area (Å²) in [6.45, 7) is 5.87. The van der Waals surface area contributed by atoms with Crippen LogP contribution in [-0.2, 0) is 0 Å². The number of nitrogens with two attached hydrogens (primary N) is 1. The molecule has 0 fully saturated rings. The van der Waals surface area contributed by atoms with Crippen molar-refractivity contribution >= 4 is 17.4 Å². The van der Waals surface area contributed by atoms with Crippen LogP contribution in [0.1, 0.15) is 20.8 Å². The molecule has 6 heteroatoms. The maximum Gasteiger partial charge on any atom is 0.238 e. The second kappa shape index (κ2) is 5.44. The van der Waals surface area contributed by atoms with E-state index in [0.717, 1.165) is 10.1 Å². The third kappa shape index (κ3) is 4.10. The van der Waals surface area contributed by atoms with Gasteiger partial charge in [-0.2, -0.15) is 0 Å². The van der Waals surface area contributed by atoms with Gasteiger partial charge in [-0.1, -0.05) is 0 Å². The van der Waals surface area contributed by atoms with Crippen molar-refractivity contribution in [1.82, 2.24) is 15.0 Å². The van der Waals surface area contributed by atoms with E-state index >= 15 is 0 Å². The highest BCUT2D eigenvalue weighted by molar-refractivity contribution is 7.99. The first-order chi connectivity index (χ1) is 8.94. The SMILES string of the molecule is CC(C)(C)Oc1nc(Sc2ccncn2)ccc1N. The topological polar surface area (TPSA) is 73.9 Å². The van der Waals surface area contributed by atoms with E-state index < -0.39 is 0 Å². The van der Waals surface area contributed by atoms with E-state index in [0.29, 0.717) is 11.6 Å². The molecule has 19 heavy (non-hydrogen) atoms. The molecule has 2 heterocycles. The predicted molar refractivity (Wildman–Crippen MR) is 75.2 cm³/mol. The number of anilines is 1. The lowest BCUT2D eigenvalue weighted by Gasteiger charge is -2.21. The van der Waals surface area contributed by atoms with E-state index in [1.165, 1.54) is 18.1 Å². The molecule has 0 aliphatic rings. The highest BCUT2D eigenvalue weighted by Gasteiger charge is 2.15. The second-order valence-electron chi connectivity index (χ2n) is 4.91. The van der Waals surface area contributed by atoms with E-state index in [9.17, 15) is 0 Å². The molecule has 0 unspecified atom stereocenters. The second-order valence-corrected chi connectivity index (χ2v) is 5.95. The summed E-state index contributed by atoms with van der Waals surface area (Å²) in [4.78, 5) is 12.4. The third-order valence-electron chi connectivity index (χ3n) is 2.03. The summed E-state index contributed by atoms with van der Waals surface area (Å²) in [5, 5.41) is 1.61. The summed E-state index contributed by atoms with van der Waals surface area (Å²) in [5.74, 6) is 0.451. The molecule has 0 aromatic carbocycles. The summed E-state index contributed by atoms with van der Waals surface area (Å²) in [7, 11) is 0. The molecule has 2 aromatic heterocycles. The Morgan fingerprint density at radius 3 is 2.58 bits per heavy atom. The first-order valence-electron chi connectivity index (χ1n) is 5.83. The molecule has 0 bridgehead atoms. The maximum atomic E-state index is 5.87. The molecule has 2 aromatic rings. The number of hydrogen-bond acceptors (Lipinski definition) is 6. The quantitative estimate of drug-likeness (QED) is 0.869. The van der Waals surface area contributed by atoms with Gasteiger partial charge in [0.25, 0.3) is 0 Å². The van der Waals surface area contributed by atoms with E-state index in [1.54, 1.807) is 12.3 Å². The minimum absolute atomic E-state index is 0.334. The number of hydrogen-bond donors (Lipinski definition) is 1. The fourth-order valence-corrected chi connectivity index (χ4v) is 2.02. The Balaban J connectivity index is 2.21. The molecule has 0 spiro atoms. The van der Waals surface area contributed by atoms with E-state index in [2.05, 4.69) is 15.0 Å². The van der Waals surface area contributed by atoms with Crippen molar-refractivity contribution in [3.8, 4) is 5.88 Å². The van der Waals surface area contributed by atoms with Gasteiger partial charge in [0.05, 0.1) is 5.69 Å². The number of nitrogen functional groups attached to an aromatic ring is 1. The van der Waals surface area contributed by atoms with Crippen LogP contribution >= 0.6 is 11.8 Å². The molecular formula is C13H16N4OS. The average molecular weight is 276 g/mol. The van der Waals surface area contributed by atoms with Crippen molar-refractivity contribution in [3.63, 3.8) is 0 Å². The maximum absolute atomic E-state index is 5.87. The normalized spacial score (nSPS) is 11.3. The number of aromatic nitrogens is 3. The van der Waals surface area contributed by atoms with Crippen molar-refractivity contribution < 1.29 is 4.74 Å². The minimum atomic E-state index is -0.334. The summed E-state index contributed by atoms with van der Waals surface area (Å²) in [6, 6.07) is 5.46. The molecular weight excluding hydrogens is 260 g/mol. The third-order valence-corrected chi connectivity index (χ3v) is 2.92. The van der Waals surface area contributed by atoms with Crippen LogP contribution in [0.2, 0.25) is 0 Å². The van der Waals surface area contributed by atoms with Gasteiger partial charge >= 0.3 is 0 Å². The number of ether oxygens (including phenoxy) is 1. The van der Waals surface area contributed by atoms with Crippen molar-refractivity contribution in [2.75, 3.05) is 5.73 Å². The fourth-order valence-electron chi connectivity index (χ4n) is 1.31. The van der Waals surface area contributed by atoms with Gasteiger partial charge in [0, 0.05) is 6.20 Å². The standard InChI is InChI=1S/C13H16N4OS/c1-13(2,3)18-12-9(14)4-5-11(17-12)19-10-6-7-15-8-16-10/h4-8H,14H2,1-3H3. The van der Waals surface area contributed by atoms with Crippen molar-refractivity contribution in [3.05, 3.63) is 30.7 Å². The van der Waals surface area contributed by atoms with Gasteiger partial charge in [-0.25, -0.2) is 15.0 Å². The van der Waals surface area contributed by atoms with Crippen LogP contribution < -0.4 is 10.5 Å². The summed E-state index contributed by atoms with van der Waals surface area (Å²) >= 11 is 1.44. The first-order valence-corrected chi connectivity index (χ1v) is 6.65. The van der Waals surface area contributed by atoms with Crippen LogP contribution in [0.15, 0.2) is 40.8 Å². The Labute approximate surface area is 116 Å².